The van der Waals surface area contributed by atoms with E-state index in [2.05, 4.69) is 36.4 Å². The summed E-state index contributed by atoms with van der Waals surface area (Å²) < 4.78 is 5.50. The molecule has 2 aromatic carbocycles. The van der Waals surface area contributed by atoms with Crippen molar-refractivity contribution in [2.75, 3.05) is 13.7 Å². The highest BCUT2D eigenvalue weighted by Crippen LogP contribution is 2.40. The SMILES string of the molecule is COc1cccc2c1C(CN)c1ccccc1C2. The van der Waals surface area contributed by atoms with Crippen LogP contribution in [-0.2, 0) is 6.42 Å². The molecule has 0 aromatic heterocycles. The molecule has 2 nitrogen and oxygen atoms in total. The van der Waals surface area contributed by atoms with E-state index < -0.39 is 0 Å². The third-order valence-corrected chi connectivity index (χ3v) is 3.77. The summed E-state index contributed by atoms with van der Waals surface area (Å²) >= 11 is 0. The zero-order chi connectivity index (χ0) is 12.5. The molecule has 0 saturated carbocycles. The van der Waals surface area contributed by atoms with E-state index in [9.17, 15) is 0 Å². The molecule has 3 rings (SSSR count). The van der Waals surface area contributed by atoms with Gasteiger partial charge in [-0.25, -0.2) is 0 Å². The molecule has 2 heteroatoms. The molecule has 0 spiro atoms. The highest BCUT2D eigenvalue weighted by atomic mass is 16.5. The Kier molecular flexibility index (Phi) is 2.80. The summed E-state index contributed by atoms with van der Waals surface area (Å²) in [5.41, 5.74) is 11.3. The molecule has 2 aromatic rings. The summed E-state index contributed by atoms with van der Waals surface area (Å²) in [5.74, 6) is 1.21. The number of hydrogen-bond donors (Lipinski definition) is 1. The lowest BCUT2D eigenvalue weighted by Gasteiger charge is -2.29. The average molecular weight is 239 g/mol. The van der Waals surface area contributed by atoms with Crippen molar-refractivity contribution in [2.24, 2.45) is 5.73 Å². The van der Waals surface area contributed by atoms with Crippen molar-refractivity contribution in [3.8, 4) is 5.75 Å². The van der Waals surface area contributed by atoms with Crippen LogP contribution in [-0.4, -0.2) is 13.7 Å². The summed E-state index contributed by atoms with van der Waals surface area (Å²) in [6.45, 7) is 0.615. The van der Waals surface area contributed by atoms with Gasteiger partial charge in [0.25, 0.3) is 0 Å². The minimum absolute atomic E-state index is 0.251. The van der Waals surface area contributed by atoms with E-state index in [0.717, 1.165) is 12.2 Å². The maximum Gasteiger partial charge on any atom is 0.123 e. The van der Waals surface area contributed by atoms with Crippen molar-refractivity contribution >= 4 is 0 Å². The van der Waals surface area contributed by atoms with E-state index in [4.69, 9.17) is 10.5 Å². The van der Waals surface area contributed by atoms with Crippen LogP contribution in [0.4, 0.5) is 0 Å². The van der Waals surface area contributed by atoms with Gasteiger partial charge in [0.1, 0.15) is 5.75 Å². The van der Waals surface area contributed by atoms with Gasteiger partial charge in [0.05, 0.1) is 7.11 Å². The van der Waals surface area contributed by atoms with E-state index in [1.807, 2.05) is 6.07 Å². The Morgan fingerprint density at radius 3 is 2.67 bits per heavy atom. The molecule has 0 bridgehead atoms. The number of nitrogens with two attached hydrogens (primary N) is 1. The number of hydrogen-bond acceptors (Lipinski definition) is 2. The monoisotopic (exact) mass is 239 g/mol. The molecule has 2 N–H and O–H groups in total. The Balaban J connectivity index is 2.21. The molecule has 18 heavy (non-hydrogen) atoms. The molecular formula is C16H17NO. The molecule has 0 saturated heterocycles. The second-order valence-electron chi connectivity index (χ2n) is 4.70. The van der Waals surface area contributed by atoms with Crippen LogP contribution in [0.25, 0.3) is 0 Å². The molecule has 0 aliphatic heterocycles. The molecular weight excluding hydrogens is 222 g/mol. The van der Waals surface area contributed by atoms with Crippen LogP contribution in [0.15, 0.2) is 42.5 Å². The molecule has 1 unspecified atom stereocenters. The number of fused-ring (bicyclic) bond motifs is 2. The smallest absolute Gasteiger partial charge is 0.123 e. The van der Waals surface area contributed by atoms with Gasteiger partial charge in [-0.05, 0) is 29.2 Å². The first-order valence-corrected chi connectivity index (χ1v) is 6.28. The molecule has 1 aliphatic carbocycles. The fraction of sp³-hybridized carbons (Fsp3) is 0.250. The predicted octanol–water partition coefficient (Wildman–Crippen LogP) is 2.69. The van der Waals surface area contributed by atoms with Gasteiger partial charge in [-0.2, -0.15) is 0 Å². The van der Waals surface area contributed by atoms with Crippen molar-refractivity contribution in [3.63, 3.8) is 0 Å². The third-order valence-electron chi connectivity index (χ3n) is 3.77. The van der Waals surface area contributed by atoms with Gasteiger partial charge in [-0.1, -0.05) is 36.4 Å². The largest absolute Gasteiger partial charge is 0.496 e. The summed E-state index contributed by atoms with van der Waals surface area (Å²) in [7, 11) is 1.73. The Labute approximate surface area is 107 Å². The fourth-order valence-electron chi connectivity index (χ4n) is 2.96. The third kappa shape index (κ3) is 1.61. The quantitative estimate of drug-likeness (QED) is 0.874. The van der Waals surface area contributed by atoms with Crippen LogP contribution < -0.4 is 10.5 Å². The van der Waals surface area contributed by atoms with Crippen LogP contribution in [0, 0.1) is 0 Å². The van der Waals surface area contributed by atoms with Crippen LogP contribution >= 0.6 is 0 Å². The van der Waals surface area contributed by atoms with Gasteiger partial charge in [0.2, 0.25) is 0 Å². The van der Waals surface area contributed by atoms with Gasteiger partial charge in [0, 0.05) is 18.0 Å². The Morgan fingerprint density at radius 1 is 1.11 bits per heavy atom. The lowest BCUT2D eigenvalue weighted by atomic mass is 9.78. The topological polar surface area (TPSA) is 35.2 Å². The summed E-state index contributed by atoms with van der Waals surface area (Å²) in [6.07, 6.45) is 0.971. The Morgan fingerprint density at radius 2 is 1.89 bits per heavy atom. The molecule has 1 atom stereocenters. The Bertz CT molecular complexity index is 577. The minimum Gasteiger partial charge on any atom is -0.496 e. The molecule has 0 fully saturated rings. The number of benzene rings is 2. The number of ether oxygens (including phenoxy) is 1. The second-order valence-corrected chi connectivity index (χ2v) is 4.70. The van der Waals surface area contributed by atoms with Crippen molar-refractivity contribution < 1.29 is 4.74 Å². The van der Waals surface area contributed by atoms with E-state index in [-0.39, 0.29) is 5.92 Å². The Hall–Kier alpha value is -1.80. The van der Waals surface area contributed by atoms with Crippen LogP contribution in [0.2, 0.25) is 0 Å². The van der Waals surface area contributed by atoms with E-state index in [1.54, 1.807) is 7.11 Å². The van der Waals surface area contributed by atoms with Crippen molar-refractivity contribution in [2.45, 2.75) is 12.3 Å². The standard InChI is InChI=1S/C16H17NO/c1-18-15-8-4-6-12-9-11-5-2-3-7-13(11)14(10-17)16(12)15/h2-8,14H,9-10,17H2,1H3. The van der Waals surface area contributed by atoms with E-state index in [1.165, 1.54) is 22.3 Å². The maximum atomic E-state index is 6.00. The highest BCUT2D eigenvalue weighted by Gasteiger charge is 2.26. The highest BCUT2D eigenvalue weighted by molar-refractivity contribution is 5.54. The normalized spacial score (nSPS) is 16.9. The number of methoxy groups -OCH3 is 1. The molecule has 0 amide bonds. The summed E-state index contributed by atoms with van der Waals surface area (Å²) in [4.78, 5) is 0. The van der Waals surface area contributed by atoms with E-state index >= 15 is 0 Å². The first kappa shape index (κ1) is 11.3. The van der Waals surface area contributed by atoms with Crippen LogP contribution in [0.3, 0.4) is 0 Å². The lowest BCUT2D eigenvalue weighted by molar-refractivity contribution is 0.406. The van der Waals surface area contributed by atoms with Gasteiger partial charge in [0.15, 0.2) is 0 Å². The van der Waals surface area contributed by atoms with Crippen molar-refractivity contribution in [1.82, 2.24) is 0 Å². The molecule has 92 valence electrons. The minimum atomic E-state index is 0.251. The van der Waals surface area contributed by atoms with Gasteiger partial charge in [-0.3, -0.25) is 0 Å². The van der Waals surface area contributed by atoms with E-state index in [0.29, 0.717) is 6.54 Å². The van der Waals surface area contributed by atoms with Gasteiger partial charge < -0.3 is 10.5 Å². The predicted molar refractivity (Wildman–Crippen MR) is 73.1 cm³/mol. The first-order valence-electron chi connectivity index (χ1n) is 6.28. The zero-order valence-electron chi connectivity index (χ0n) is 10.5. The van der Waals surface area contributed by atoms with Crippen LogP contribution in [0.1, 0.15) is 28.2 Å². The maximum absolute atomic E-state index is 6.00. The van der Waals surface area contributed by atoms with Gasteiger partial charge >= 0.3 is 0 Å². The fourth-order valence-corrected chi connectivity index (χ4v) is 2.96. The molecule has 1 aliphatic rings. The summed E-state index contributed by atoms with van der Waals surface area (Å²) in [6, 6.07) is 14.8. The van der Waals surface area contributed by atoms with Gasteiger partial charge in [-0.15, -0.1) is 0 Å². The van der Waals surface area contributed by atoms with Crippen molar-refractivity contribution in [3.05, 3.63) is 64.7 Å². The second kappa shape index (κ2) is 4.46. The molecule has 0 heterocycles. The molecule has 0 radical (unpaired) electrons. The number of rotatable bonds is 2. The summed E-state index contributed by atoms with van der Waals surface area (Å²) in [5, 5.41) is 0. The van der Waals surface area contributed by atoms with Crippen LogP contribution in [0.5, 0.6) is 5.75 Å². The van der Waals surface area contributed by atoms with Crippen molar-refractivity contribution in [1.29, 1.82) is 0 Å². The average Bonchev–Trinajstić information content (AvgIpc) is 2.44. The first-order chi connectivity index (χ1) is 8.85. The lowest BCUT2D eigenvalue weighted by Crippen LogP contribution is -2.21. The zero-order valence-corrected chi connectivity index (χ0v) is 10.5.